The number of alkyl halides is 4. The maximum atomic E-state index is 13.9. The molecule has 3 N–H and O–H groups in total. The number of nitrogens with zero attached hydrogens (tertiary/aromatic N) is 4. The normalized spacial score (nSPS) is 17.6. The number of hydrogen-bond donors (Lipinski definition) is 2. The summed E-state index contributed by atoms with van der Waals surface area (Å²) in [6.07, 6.45) is -3.61. The Balaban J connectivity index is 1.55. The minimum atomic E-state index is -4.52. The first kappa shape index (κ1) is 25.1. The van der Waals surface area contributed by atoms with Crippen LogP contribution in [0.3, 0.4) is 0 Å². The summed E-state index contributed by atoms with van der Waals surface area (Å²) in [4.78, 5) is 26.1. The van der Waals surface area contributed by atoms with Crippen molar-refractivity contribution in [3.63, 3.8) is 0 Å². The Morgan fingerprint density at radius 1 is 1.19 bits per heavy atom. The van der Waals surface area contributed by atoms with Gasteiger partial charge in [-0.3, -0.25) is 9.88 Å². The Morgan fingerprint density at radius 3 is 2.61 bits per heavy atom. The topological polar surface area (TPSA) is 106 Å². The van der Waals surface area contributed by atoms with Crippen LogP contribution in [-0.2, 0) is 10.9 Å². The second kappa shape index (κ2) is 9.59. The fourth-order valence-corrected chi connectivity index (χ4v) is 3.95. The van der Waals surface area contributed by atoms with Gasteiger partial charge in [0, 0.05) is 23.6 Å². The summed E-state index contributed by atoms with van der Waals surface area (Å²) in [5.74, 6) is 0.373. The van der Waals surface area contributed by atoms with E-state index in [1.54, 1.807) is 19.9 Å². The van der Waals surface area contributed by atoms with Gasteiger partial charge < -0.3 is 15.8 Å². The third-order valence-corrected chi connectivity index (χ3v) is 5.84. The van der Waals surface area contributed by atoms with E-state index in [-0.39, 0.29) is 24.1 Å². The van der Waals surface area contributed by atoms with Gasteiger partial charge in [0.25, 0.3) is 0 Å². The SMILES string of the molecule is Cc1cc([C@H](C)Nc2nccc(N3C(=O)OC[C@@H]3[C@H](C)F)n2)ncc1-c1cc(N)cc(C(F)(F)F)c1. The van der Waals surface area contributed by atoms with E-state index >= 15 is 0 Å². The lowest BCUT2D eigenvalue weighted by molar-refractivity contribution is -0.137. The Kier molecular flexibility index (Phi) is 6.70. The van der Waals surface area contributed by atoms with Gasteiger partial charge >= 0.3 is 12.3 Å². The van der Waals surface area contributed by atoms with E-state index in [0.717, 1.165) is 17.0 Å². The number of aromatic nitrogens is 3. The Labute approximate surface area is 204 Å². The minimum absolute atomic E-state index is 0.00152. The number of rotatable bonds is 6. The van der Waals surface area contributed by atoms with E-state index in [4.69, 9.17) is 10.5 Å². The van der Waals surface area contributed by atoms with Gasteiger partial charge in [0.05, 0.1) is 17.3 Å². The molecule has 2 aromatic heterocycles. The first-order chi connectivity index (χ1) is 16.9. The highest BCUT2D eigenvalue weighted by Gasteiger charge is 2.39. The molecule has 1 aliphatic rings. The number of nitrogen functional groups attached to an aromatic ring is 1. The number of pyridine rings is 1. The van der Waals surface area contributed by atoms with Crippen molar-refractivity contribution in [2.24, 2.45) is 0 Å². The molecule has 1 aliphatic heterocycles. The number of cyclic esters (lactones) is 1. The number of halogens is 4. The summed E-state index contributed by atoms with van der Waals surface area (Å²) in [6, 6.07) is 5.42. The molecule has 36 heavy (non-hydrogen) atoms. The van der Waals surface area contributed by atoms with Crippen molar-refractivity contribution in [2.45, 2.75) is 45.2 Å². The summed E-state index contributed by atoms with van der Waals surface area (Å²) in [7, 11) is 0. The van der Waals surface area contributed by atoms with E-state index in [0.29, 0.717) is 22.4 Å². The van der Waals surface area contributed by atoms with Gasteiger partial charge in [0.1, 0.15) is 24.6 Å². The van der Waals surface area contributed by atoms with Crippen molar-refractivity contribution in [1.29, 1.82) is 0 Å². The zero-order valence-electron chi connectivity index (χ0n) is 19.7. The molecule has 3 heterocycles. The molecule has 0 bridgehead atoms. The number of carbonyl (C=O) groups excluding carboxylic acids is 1. The van der Waals surface area contributed by atoms with E-state index in [9.17, 15) is 22.4 Å². The minimum Gasteiger partial charge on any atom is -0.447 e. The molecular weight excluding hydrogens is 480 g/mol. The van der Waals surface area contributed by atoms with Crippen molar-refractivity contribution >= 4 is 23.5 Å². The van der Waals surface area contributed by atoms with Crippen molar-refractivity contribution in [3.8, 4) is 11.1 Å². The molecule has 12 heteroatoms. The van der Waals surface area contributed by atoms with Crippen LogP contribution in [0.4, 0.5) is 39.8 Å². The monoisotopic (exact) mass is 504 g/mol. The molecule has 1 saturated heterocycles. The number of aryl methyl sites for hydroxylation is 1. The molecule has 3 atom stereocenters. The lowest BCUT2D eigenvalue weighted by Gasteiger charge is -2.22. The first-order valence-electron chi connectivity index (χ1n) is 11.1. The molecule has 190 valence electrons. The molecule has 0 spiro atoms. The van der Waals surface area contributed by atoms with E-state index < -0.39 is 36.1 Å². The largest absolute Gasteiger partial charge is 0.447 e. The Bertz CT molecular complexity index is 1280. The van der Waals surface area contributed by atoms with Crippen molar-refractivity contribution in [1.82, 2.24) is 15.0 Å². The number of hydrogen-bond acceptors (Lipinski definition) is 7. The third kappa shape index (κ3) is 5.16. The van der Waals surface area contributed by atoms with Crippen molar-refractivity contribution in [2.75, 3.05) is 22.6 Å². The number of carbonyl (C=O) groups is 1. The highest BCUT2D eigenvalue weighted by atomic mass is 19.4. The van der Waals surface area contributed by atoms with Gasteiger partial charge in [-0.05, 0) is 62.2 Å². The zero-order valence-corrected chi connectivity index (χ0v) is 19.7. The predicted octanol–water partition coefficient (Wildman–Crippen LogP) is 5.30. The van der Waals surface area contributed by atoms with Crippen LogP contribution in [0, 0.1) is 6.92 Å². The predicted molar refractivity (Wildman–Crippen MR) is 126 cm³/mol. The molecule has 1 fully saturated rings. The highest BCUT2D eigenvalue weighted by molar-refractivity contribution is 5.89. The molecule has 0 unspecified atom stereocenters. The van der Waals surface area contributed by atoms with Gasteiger partial charge in [-0.15, -0.1) is 0 Å². The fraction of sp³-hybridized carbons (Fsp3) is 0.333. The number of anilines is 3. The number of benzene rings is 1. The van der Waals surface area contributed by atoms with Crippen molar-refractivity contribution < 1.29 is 27.1 Å². The highest BCUT2D eigenvalue weighted by Crippen LogP contribution is 2.35. The van der Waals surface area contributed by atoms with Crippen molar-refractivity contribution in [3.05, 3.63) is 59.5 Å². The van der Waals surface area contributed by atoms with Crippen LogP contribution < -0.4 is 16.0 Å². The van der Waals surface area contributed by atoms with Gasteiger partial charge in [-0.2, -0.15) is 18.2 Å². The Hall–Kier alpha value is -3.96. The average Bonchev–Trinajstić information content (AvgIpc) is 3.20. The quantitative estimate of drug-likeness (QED) is 0.346. The summed E-state index contributed by atoms with van der Waals surface area (Å²) in [5.41, 5.74) is 6.97. The second-order valence-electron chi connectivity index (χ2n) is 8.56. The van der Waals surface area contributed by atoms with Crippen LogP contribution in [0.15, 0.2) is 42.7 Å². The van der Waals surface area contributed by atoms with Gasteiger partial charge in [0.2, 0.25) is 5.95 Å². The maximum absolute atomic E-state index is 13.9. The molecular formula is C24H24F4N6O2. The first-order valence-corrected chi connectivity index (χ1v) is 11.1. The van der Waals surface area contributed by atoms with Crippen LogP contribution in [0.1, 0.15) is 36.7 Å². The van der Waals surface area contributed by atoms with Gasteiger partial charge in [-0.25, -0.2) is 14.2 Å². The second-order valence-corrected chi connectivity index (χ2v) is 8.56. The summed E-state index contributed by atoms with van der Waals surface area (Å²) < 4.78 is 58.5. The average molecular weight is 504 g/mol. The van der Waals surface area contributed by atoms with Crippen LogP contribution in [-0.4, -0.2) is 39.9 Å². The van der Waals surface area contributed by atoms with Crippen LogP contribution in [0.5, 0.6) is 0 Å². The molecule has 8 nitrogen and oxygen atoms in total. The third-order valence-electron chi connectivity index (χ3n) is 5.84. The maximum Gasteiger partial charge on any atom is 0.416 e. The lowest BCUT2D eigenvalue weighted by atomic mass is 9.98. The summed E-state index contributed by atoms with van der Waals surface area (Å²) in [6.45, 7) is 4.83. The molecule has 0 aliphatic carbocycles. The van der Waals surface area contributed by atoms with E-state index in [2.05, 4.69) is 20.3 Å². The molecule has 1 aromatic carbocycles. The lowest BCUT2D eigenvalue weighted by Crippen LogP contribution is -2.39. The number of amides is 1. The zero-order chi connectivity index (χ0) is 26.2. The molecule has 0 radical (unpaired) electrons. The number of nitrogens with two attached hydrogens (primary N) is 1. The molecule has 4 rings (SSSR count). The molecule has 1 amide bonds. The summed E-state index contributed by atoms with van der Waals surface area (Å²) in [5, 5.41) is 3.08. The van der Waals surface area contributed by atoms with Crippen LogP contribution in [0.2, 0.25) is 0 Å². The fourth-order valence-electron chi connectivity index (χ4n) is 3.95. The van der Waals surface area contributed by atoms with Gasteiger partial charge in [-0.1, -0.05) is 0 Å². The van der Waals surface area contributed by atoms with E-state index in [1.807, 2.05) is 0 Å². The summed E-state index contributed by atoms with van der Waals surface area (Å²) >= 11 is 0. The molecule has 3 aromatic rings. The molecule has 0 saturated carbocycles. The van der Waals surface area contributed by atoms with Crippen LogP contribution >= 0.6 is 0 Å². The van der Waals surface area contributed by atoms with Gasteiger partial charge in [0.15, 0.2) is 0 Å². The smallest absolute Gasteiger partial charge is 0.416 e. The standard InChI is InChI=1S/C24H24F4N6O2/c1-12-6-19(31-10-18(12)15-7-16(24(26,27)28)9-17(29)8-15)14(3)32-22-30-5-4-21(33-22)34-20(13(2)25)11-36-23(34)35/h4-10,13-14,20H,11,29H2,1-3H3,(H,30,32,33)/t13-,14-,20+/m0/s1. The Morgan fingerprint density at radius 2 is 1.94 bits per heavy atom. The van der Waals surface area contributed by atoms with E-state index in [1.165, 1.54) is 31.5 Å². The number of nitrogens with one attached hydrogen (secondary N) is 1. The number of ether oxygens (including phenoxy) is 1. The van der Waals surface area contributed by atoms with Crippen LogP contribution in [0.25, 0.3) is 11.1 Å².